The molecule has 0 unspecified atom stereocenters. The number of amides is 1. The van der Waals surface area contributed by atoms with Crippen molar-refractivity contribution in [2.75, 3.05) is 0 Å². The van der Waals surface area contributed by atoms with E-state index in [2.05, 4.69) is 37.4 Å². The standard InChI is InChI=1S/C20H25NO2/c1-5-19(23-17-9-7-6-8-10-17)20(22)21-16(4)18-13-14(2)11-12-15(18)3/h6-13,16,19H,5H2,1-4H3,(H,21,22)/t16-,19+/m0/s1. The molecule has 0 aliphatic heterocycles. The number of nitrogens with one attached hydrogen (secondary N) is 1. The van der Waals surface area contributed by atoms with E-state index in [0.717, 1.165) is 5.56 Å². The Hall–Kier alpha value is -2.29. The van der Waals surface area contributed by atoms with Crippen LogP contribution in [0.5, 0.6) is 5.75 Å². The van der Waals surface area contributed by atoms with Gasteiger partial charge in [-0.1, -0.05) is 48.9 Å². The molecule has 0 spiro atoms. The van der Waals surface area contributed by atoms with Gasteiger partial charge in [0.2, 0.25) is 0 Å². The number of hydrogen-bond acceptors (Lipinski definition) is 2. The van der Waals surface area contributed by atoms with Crippen LogP contribution in [0.15, 0.2) is 48.5 Å². The third-order valence-corrected chi connectivity index (χ3v) is 3.94. The zero-order chi connectivity index (χ0) is 16.8. The van der Waals surface area contributed by atoms with Crippen molar-refractivity contribution in [1.29, 1.82) is 0 Å². The van der Waals surface area contributed by atoms with Crippen LogP contribution >= 0.6 is 0 Å². The molecule has 2 atom stereocenters. The molecule has 2 aromatic carbocycles. The lowest BCUT2D eigenvalue weighted by molar-refractivity contribution is -0.128. The van der Waals surface area contributed by atoms with Gasteiger partial charge in [0, 0.05) is 0 Å². The molecule has 1 N–H and O–H groups in total. The number of carbonyl (C=O) groups is 1. The average Bonchev–Trinajstić information content (AvgIpc) is 2.55. The quantitative estimate of drug-likeness (QED) is 0.862. The van der Waals surface area contributed by atoms with E-state index < -0.39 is 6.10 Å². The number of benzene rings is 2. The number of aryl methyl sites for hydroxylation is 2. The summed E-state index contributed by atoms with van der Waals surface area (Å²) < 4.78 is 5.80. The fourth-order valence-electron chi connectivity index (χ4n) is 2.60. The van der Waals surface area contributed by atoms with Gasteiger partial charge in [-0.05, 0) is 50.5 Å². The Bertz CT molecular complexity index is 652. The van der Waals surface area contributed by atoms with E-state index in [-0.39, 0.29) is 11.9 Å². The smallest absolute Gasteiger partial charge is 0.261 e. The molecule has 0 bridgehead atoms. The van der Waals surface area contributed by atoms with Gasteiger partial charge < -0.3 is 10.1 Å². The fraction of sp³-hybridized carbons (Fsp3) is 0.350. The second-order valence-corrected chi connectivity index (χ2v) is 5.92. The van der Waals surface area contributed by atoms with Crippen LogP contribution in [0.25, 0.3) is 0 Å². The summed E-state index contributed by atoms with van der Waals surface area (Å²) in [6.45, 7) is 8.09. The summed E-state index contributed by atoms with van der Waals surface area (Å²) >= 11 is 0. The fourth-order valence-corrected chi connectivity index (χ4v) is 2.60. The SMILES string of the molecule is CC[C@@H](Oc1ccccc1)C(=O)N[C@@H](C)c1cc(C)ccc1C. The molecule has 0 aliphatic carbocycles. The third kappa shape index (κ3) is 4.59. The highest BCUT2D eigenvalue weighted by molar-refractivity contribution is 5.81. The monoisotopic (exact) mass is 311 g/mol. The van der Waals surface area contributed by atoms with E-state index in [0.29, 0.717) is 12.2 Å². The third-order valence-electron chi connectivity index (χ3n) is 3.94. The summed E-state index contributed by atoms with van der Waals surface area (Å²) in [5.74, 6) is 0.638. The van der Waals surface area contributed by atoms with E-state index >= 15 is 0 Å². The molecule has 0 aliphatic rings. The molecule has 0 saturated carbocycles. The number of ether oxygens (including phenoxy) is 1. The van der Waals surface area contributed by atoms with Gasteiger partial charge in [-0.15, -0.1) is 0 Å². The highest BCUT2D eigenvalue weighted by Gasteiger charge is 2.21. The van der Waals surface area contributed by atoms with Crippen LogP contribution in [-0.2, 0) is 4.79 Å². The first-order valence-corrected chi connectivity index (χ1v) is 8.10. The first-order valence-electron chi connectivity index (χ1n) is 8.10. The minimum absolute atomic E-state index is 0.0455. The highest BCUT2D eigenvalue weighted by Crippen LogP contribution is 2.20. The van der Waals surface area contributed by atoms with Gasteiger partial charge in [0.1, 0.15) is 5.75 Å². The predicted molar refractivity (Wildman–Crippen MR) is 93.6 cm³/mol. The molecule has 0 heterocycles. The van der Waals surface area contributed by atoms with Crippen molar-refractivity contribution in [2.45, 2.75) is 46.3 Å². The van der Waals surface area contributed by atoms with E-state index in [1.165, 1.54) is 11.1 Å². The van der Waals surface area contributed by atoms with Crippen molar-refractivity contribution in [2.24, 2.45) is 0 Å². The zero-order valence-electron chi connectivity index (χ0n) is 14.3. The number of rotatable bonds is 6. The number of para-hydroxylation sites is 1. The van der Waals surface area contributed by atoms with Gasteiger partial charge in [0.05, 0.1) is 6.04 Å². The van der Waals surface area contributed by atoms with E-state index in [1.54, 1.807) is 0 Å². The predicted octanol–water partition coefficient (Wildman–Crippen LogP) is 4.34. The maximum Gasteiger partial charge on any atom is 0.261 e. The lowest BCUT2D eigenvalue weighted by Crippen LogP contribution is -2.39. The van der Waals surface area contributed by atoms with Gasteiger partial charge in [-0.3, -0.25) is 4.79 Å². The van der Waals surface area contributed by atoms with Crippen molar-refractivity contribution in [1.82, 2.24) is 5.32 Å². The van der Waals surface area contributed by atoms with Crippen molar-refractivity contribution in [3.8, 4) is 5.75 Å². The Balaban J connectivity index is 2.05. The van der Waals surface area contributed by atoms with Crippen LogP contribution < -0.4 is 10.1 Å². The van der Waals surface area contributed by atoms with Crippen molar-refractivity contribution < 1.29 is 9.53 Å². The molecule has 23 heavy (non-hydrogen) atoms. The summed E-state index contributed by atoms with van der Waals surface area (Å²) in [7, 11) is 0. The molecular formula is C20H25NO2. The molecule has 2 rings (SSSR count). The molecule has 3 heteroatoms. The molecule has 0 radical (unpaired) electrons. The maximum absolute atomic E-state index is 12.5. The van der Waals surface area contributed by atoms with Crippen LogP contribution in [0, 0.1) is 13.8 Å². The highest BCUT2D eigenvalue weighted by atomic mass is 16.5. The van der Waals surface area contributed by atoms with Gasteiger partial charge in [-0.2, -0.15) is 0 Å². The van der Waals surface area contributed by atoms with Crippen LogP contribution in [0.2, 0.25) is 0 Å². The van der Waals surface area contributed by atoms with Crippen LogP contribution in [0.4, 0.5) is 0 Å². The molecule has 0 fully saturated rings. The van der Waals surface area contributed by atoms with Crippen LogP contribution in [0.1, 0.15) is 43.0 Å². The van der Waals surface area contributed by atoms with Gasteiger partial charge in [0.25, 0.3) is 5.91 Å². The largest absolute Gasteiger partial charge is 0.481 e. The molecule has 122 valence electrons. The summed E-state index contributed by atoms with van der Waals surface area (Å²) in [5, 5.41) is 3.07. The van der Waals surface area contributed by atoms with Crippen LogP contribution in [0.3, 0.4) is 0 Å². The normalized spacial score (nSPS) is 13.2. The summed E-state index contributed by atoms with van der Waals surface area (Å²) in [4.78, 5) is 12.5. The Kier molecular flexibility index (Phi) is 5.80. The molecule has 1 amide bonds. The van der Waals surface area contributed by atoms with Crippen LogP contribution in [-0.4, -0.2) is 12.0 Å². The first-order chi connectivity index (χ1) is 11.0. The van der Waals surface area contributed by atoms with Crippen molar-refractivity contribution >= 4 is 5.91 Å². The second-order valence-electron chi connectivity index (χ2n) is 5.92. The van der Waals surface area contributed by atoms with Crippen molar-refractivity contribution in [3.63, 3.8) is 0 Å². The van der Waals surface area contributed by atoms with E-state index in [4.69, 9.17) is 4.74 Å². The number of hydrogen-bond donors (Lipinski definition) is 1. The molecular weight excluding hydrogens is 286 g/mol. The molecule has 2 aromatic rings. The Labute approximate surface area is 138 Å². The lowest BCUT2D eigenvalue weighted by Gasteiger charge is -2.22. The Morgan fingerprint density at radius 1 is 1.13 bits per heavy atom. The molecule has 0 saturated heterocycles. The molecule has 0 aromatic heterocycles. The van der Waals surface area contributed by atoms with Gasteiger partial charge in [0.15, 0.2) is 6.10 Å². The topological polar surface area (TPSA) is 38.3 Å². The summed E-state index contributed by atoms with van der Waals surface area (Å²) in [6, 6.07) is 15.7. The Morgan fingerprint density at radius 3 is 2.48 bits per heavy atom. The maximum atomic E-state index is 12.5. The van der Waals surface area contributed by atoms with Gasteiger partial charge >= 0.3 is 0 Å². The lowest BCUT2D eigenvalue weighted by atomic mass is 10.00. The number of carbonyl (C=O) groups excluding carboxylic acids is 1. The van der Waals surface area contributed by atoms with Crippen molar-refractivity contribution in [3.05, 3.63) is 65.2 Å². The second kappa shape index (κ2) is 7.82. The van der Waals surface area contributed by atoms with E-state index in [1.807, 2.05) is 44.2 Å². The van der Waals surface area contributed by atoms with Gasteiger partial charge in [-0.25, -0.2) is 0 Å². The zero-order valence-corrected chi connectivity index (χ0v) is 14.3. The Morgan fingerprint density at radius 2 is 1.83 bits per heavy atom. The first kappa shape index (κ1) is 17.1. The average molecular weight is 311 g/mol. The minimum Gasteiger partial charge on any atom is -0.481 e. The minimum atomic E-state index is -0.482. The summed E-state index contributed by atoms with van der Waals surface area (Å²) in [6.07, 6.45) is 0.144. The van der Waals surface area contributed by atoms with E-state index in [9.17, 15) is 4.79 Å². The summed E-state index contributed by atoms with van der Waals surface area (Å²) in [5.41, 5.74) is 3.52. The molecule has 3 nitrogen and oxygen atoms in total.